The minimum absolute atomic E-state index is 0.298. The van der Waals surface area contributed by atoms with E-state index in [-0.39, 0.29) is 5.91 Å². The van der Waals surface area contributed by atoms with E-state index in [0.29, 0.717) is 6.42 Å². The van der Waals surface area contributed by atoms with Crippen molar-refractivity contribution in [3.63, 3.8) is 0 Å². The first-order chi connectivity index (χ1) is 10.0. The molecule has 0 spiro atoms. The van der Waals surface area contributed by atoms with Gasteiger partial charge in [-0.2, -0.15) is 0 Å². The van der Waals surface area contributed by atoms with Crippen molar-refractivity contribution in [2.75, 3.05) is 6.61 Å². The number of aliphatic hydroxyl groups excluding tert-OH is 4. The molecule has 1 rings (SSSR count). The molecule has 1 heterocycles. The minimum atomic E-state index is -1.45. The number of carbonyl (C=O) groups excluding carboxylic acids is 1. The third kappa shape index (κ3) is 5.52. The van der Waals surface area contributed by atoms with E-state index >= 15 is 0 Å². The largest absolute Gasteiger partial charge is 0.394 e. The van der Waals surface area contributed by atoms with Crippen LogP contribution in [-0.2, 0) is 9.53 Å². The van der Waals surface area contributed by atoms with Gasteiger partial charge < -0.3 is 30.5 Å². The molecule has 0 saturated carbocycles. The summed E-state index contributed by atoms with van der Waals surface area (Å²) in [5, 5.41) is 40.8. The van der Waals surface area contributed by atoms with Gasteiger partial charge in [-0.1, -0.05) is 32.6 Å². The Morgan fingerprint density at radius 2 is 1.76 bits per heavy atom. The quantitative estimate of drug-likeness (QED) is 0.377. The molecule has 1 amide bonds. The molecule has 0 aromatic heterocycles. The molecule has 1 saturated heterocycles. The van der Waals surface area contributed by atoms with Crippen LogP contribution < -0.4 is 5.32 Å². The van der Waals surface area contributed by atoms with E-state index in [1.54, 1.807) is 0 Å². The zero-order chi connectivity index (χ0) is 15.8. The molecule has 1 fully saturated rings. The highest BCUT2D eigenvalue weighted by Gasteiger charge is 2.44. The summed E-state index contributed by atoms with van der Waals surface area (Å²) >= 11 is 0. The van der Waals surface area contributed by atoms with Gasteiger partial charge in [0.1, 0.15) is 24.4 Å². The highest BCUT2D eigenvalue weighted by molar-refractivity contribution is 5.76. The summed E-state index contributed by atoms with van der Waals surface area (Å²) in [5.74, 6) is -0.298. The molecule has 0 aromatic rings. The Morgan fingerprint density at radius 3 is 2.38 bits per heavy atom. The molecule has 124 valence electrons. The number of ether oxygens (including phenoxy) is 1. The van der Waals surface area contributed by atoms with Crippen molar-refractivity contribution in [3.8, 4) is 0 Å². The second-order valence-corrected chi connectivity index (χ2v) is 5.49. The number of hydrogen-bond acceptors (Lipinski definition) is 6. The summed E-state index contributed by atoms with van der Waals surface area (Å²) in [4.78, 5) is 11.8. The first-order valence-corrected chi connectivity index (χ1v) is 7.61. The van der Waals surface area contributed by atoms with E-state index in [1.165, 1.54) is 0 Å². The minimum Gasteiger partial charge on any atom is -0.394 e. The maximum absolute atomic E-state index is 11.8. The molecule has 0 radical (unpaired) electrons. The number of carbonyl (C=O) groups is 1. The van der Waals surface area contributed by atoms with Gasteiger partial charge in [-0.05, 0) is 6.42 Å². The summed E-state index contributed by atoms with van der Waals surface area (Å²) in [6.07, 6.45) is 0.122. The van der Waals surface area contributed by atoms with Crippen LogP contribution in [0, 0.1) is 0 Å². The predicted octanol–water partition coefficient (Wildman–Crippen LogP) is -0.737. The fraction of sp³-hybridized carbons (Fsp3) is 0.929. The van der Waals surface area contributed by atoms with Gasteiger partial charge in [0.2, 0.25) is 5.91 Å². The molecule has 0 unspecified atom stereocenters. The van der Waals surface area contributed by atoms with E-state index in [1.807, 2.05) is 0 Å². The van der Waals surface area contributed by atoms with Crippen LogP contribution >= 0.6 is 0 Å². The number of rotatable bonds is 8. The van der Waals surface area contributed by atoms with Crippen molar-refractivity contribution in [1.29, 1.82) is 0 Å². The Kier molecular flexibility index (Phi) is 8.13. The molecule has 21 heavy (non-hydrogen) atoms. The summed E-state index contributed by atoms with van der Waals surface area (Å²) in [5.41, 5.74) is 0. The smallest absolute Gasteiger partial charge is 0.220 e. The van der Waals surface area contributed by atoms with Crippen LogP contribution in [0.5, 0.6) is 0 Å². The van der Waals surface area contributed by atoms with E-state index < -0.39 is 37.3 Å². The van der Waals surface area contributed by atoms with Crippen LogP contribution in [0.15, 0.2) is 0 Å². The molecular weight excluding hydrogens is 278 g/mol. The summed E-state index contributed by atoms with van der Waals surface area (Å²) < 4.78 is 4.97. The van der Waals surface area contributed by atoms with Crippen molar-refractivity contribution in [2.24, 2.45) is 0 Å². The van der Waals surface area contributed by atoms with Crippen molar-refractivity contribution < 1.29 is 30.0 Å². The number of hydrogen-bond donors (Lipinski definition) is 5. The Hall–Kier alpha value is -0.730. The summed E-state index contributed by atoms with van der Waals surface area (Å²) in [6, 6.07) is -1.09. The third-order valence-electron chi connectivity index (χ3n) is 3.74. The zero-order valence-corrected chi connectivity index (χ0v) is 12.4. The Bertz CT molecular complexity index is 314. The molecule has 7 nitrogen and oxygen atoms in total. The number of aliphatic hydroxyl groups is 4. The number of nitrogens with one attached hydrogen (secondary N) is 1. The fourth-order valence-corrected chi connectivity index (χ4v) is 2.40. The molecular formula is C14H27NO6. The Balaban J connectivity index is 2.37. The van der Waals surface area contributed by atoms with Gasteiger partial charge in [0.05, 0.1) is 6.61 Å². The van der Waals surface area contributed by atoms with Crippen LogP contribution in [0.4, 0.5) is 0 Å². The normalized spacial score (nSPS) is 32.9. The summed E-state index contributed by atoms with van der Waals surface area (Å²) in [7, 11) is 0. The summed E-state index contributed by atoms with van der Waals surface area (Å²) in [6.45, 7) is 1.59. The monoisotopic (exact) mass is 305 g/mol. The molecule has 5 atom stereocenters. The first-order valence-electron chi connectivity index (χ1n) is 7.61. The van der Waals surface area contributed by atoms with Crippen LogP contribution in [0.1, 0.15) is 45.4 Å². The molecule has 0 bridgehead atoms. The molecule has 0 aliphatic carbocycles. The Labute approximate surface area is 124 Å². The SMILES string of the molecule is CCCCCCCC(=O)N[C@@H]1[C@@H](O)[C@H](O)[C@@H](CO)O[C@H]1O. The average Bonchev–Trinajstić information content (AvgIpc) is 2.47. The number of unbranched alkanes of at least 4 members (excludes halogenated alkanes) is 4. The van der Waals surface area contributed by atoms with Crippen molar-refractivity contribution in [3.05, 3.63) is 0 Å². The van der Waals surface area contributed by atoms with Gasteiger partial charge in [-0.15, -0.1) is 0 Å². The highest BCUT2D eigenvalue weighted by Crippen LogP contribution is 2.20. The second kappa shape index (κ2) is 9.32. The number of amides is 1. The van der Waals surface area contributed by atoms with E-state index in [4.69, 9.17) is 9.84 Å². The topological polar surface area (TPSA) is 119 Å². The highest BCUT2D eigenvalue weighted by atomic mass is 16.6. The maximum atomic E-state index is 11.8. The van der Waals surface area contributed by atoms with Gasteiger partial charge in [-0.25, -0.2) is 0 Å². The standard InChI is InChI=1S/C14H27NO6/c1-2-3-4-5-6-7-10(17)15-11-13(19)12(18)9(8-16)21-14(11)20/h9,11-14,16,18-20H,2-8H2,1H3,(H,15,17)/t9-,11-,12-,13-,14-/m1/s1. The molecule has 1 aliphatic rings. The average molecular weight is 305 g/mol. The van der Waals surface area contributed by atoms with Crippen LogP contribution in [-0.4, -0.2) is 63.6 Å². The van der Waals surface area contributed by atoms with Crippen molar-refractivity contribution >= 4 is 5.91 Å². The van der Waals surface area contributed by atoms with Crippen molar-refractivity contribution in [2.45, 2.75) is 76.1 Å². The van der Waals surface area contributed by atoms with E-state index in [9.17, 15) is 20.1 Å². The van der Waals surface area contributed by atoms with E-state index in [2.05, 4.69) is 12.2 Å². The first kappa shape index (κ1) is 18.3. The van der Waals surface area contributed by atoms with E-state index in [0.717, 1.165) is 32.1 Å². The maximum Gasteiger partial charge on any atom is 0.220 e. The molecule has 7 heteroatoms. The molecule has 5 N–H and O–H groups in total. The van der Waals surface area contributed by atoms with Gasteiger partial charge >= 0.3 is 0 Å². The zero-order valence-electron chi connectivity index (χ0n) is 12.4. The van der Waals surface area contributed by atoms with Gasteiger partial charge in [0.15, 0.2) is 6.29 Å². The lowest BCUT2D eigenvalue weighted by atomic mass is 9.97. The van der Waals surface area contributed by atoms with Gasteiger partial charge in [-0.3, -0.25) is 4.79 Å². The fourth-order valence-electron chi connectivity index (χ4n) is 2.40. The van der Waals surface area contributed by atoms with Crippen molar-refractivity contribution in [1.82, 2.24) is 5.32 Å². The Morgan fingerprint density at radius 1 is 1.10 bits per heavy atom. The molecule has 1 aliphatic heterocycles. The predicted molar refractivity (Wildman–Crippen MR) is 75.3 cm³/mol. The lowest BCUT2D eigenvalue weighted by molar-refractivity contribution is -0.253. The third-order valence-corrected chi connectivity index (χ3v) is 3.74. The second-order valence-electron chi connectivity index (χ2n) is 5.49. The lowest BCUT2D eigenvalue weighted by Gasteiger charge is -2.40. The van der Waals surface area contributed by atoms with Crippen LogP contribution in [0.3, 0.4) is 0 Å². The van der Waals surface area contributed by atoms with Gasteiger partial charge in [0.25, 0.3) is 0 Å². The molecule has 0 aromatic carbocycles. The van der Waals surface area contributed by atoms with Crippen LogP contribution in [0.2, 0.25) is 0 Å². The lowest BCUT2D eigenvalue weighted by Crippen LogP contribution is -2.64. The van der Waals surface area contributed by atoms with Crippen LogP contribution in [0.25, 0.3) is 0 Å². The van der Waals surface area contributed by atoms with Gasteiger partial charge in [0, 0.05) is 6.42 Å².